The zero-order valence-electron chi connectivity index (χ0n) is 15.9. The lowest BCUT2D eigenvalue weighted by Gasteiger charge is -2.26. The van der Waals surface area contributed by atoms with Crippen molar-refractivity contribution in [1.29, 1.82) is 0 Å². The molecular formula is C20H26N6O2. The van der Waals surface area contributed by atoms with Crippen LogP contribution in [0.3, 0.4) is 0 Å². The number of hydrogen-bond donors (Lipinski definition) is 2. The summed E-state index contributed by atoms with van der Waals surface area (Å²) in [5, 5.41) is 8.74. The minimum absolute atomic E-state index is 0.0544. The maximum absolute atomic E-state index is 12.6. The van der Waals surface area contributed by atoms with Gasteiger partial charge in [-0.25, -0.2) is 10.1 Å². The molecule has 148 valence electrons. The normalized spacial score (nSPS) is 27.6. The summed E-state index contributed by atoms with van der Waals surface area (Å²) >= 11 is 0. The first-order valence-electron chi connectivity index (χ1n) is 10.2. The third-order valence-electron chi connectivity index (χ3n) is 6.18. The van der Waals surface area contributed by atoms with Gasteiger partial charge in [-0.2, -0.15) is 0 Å². The smallest absolute Gasteiger partial charge is 0.254 e. The largest absolute Gasteiger partial charge is 0.378 e. The number of aromatic nitrogens is 3. The van der Waals surface area contributed by atoms with E-state index in [1.165, 1.54) is 25.7 Å². The molecule has 1 amide bonds. The Bertz CT molecular complexity index is 829. The molecule has 1 aliphatic carbocycles. The molecule has 3 aliphatic rings. The summed E-state index contributed by atoms with van der Waals surface area (Å²) in [5.41, 5.74) is 9.41. The molecule has 3 fully saturated rings. The molecule has 1 aromatic carbocycles. The van der Waals surface area contributed by atoms with Crippen molar-refractivity contribution < 1.29 is 9.53 Å². The maximum Gasteiger partial charge on any atom is 0.254 e. The third kappa shape index (κ3) is 3.32. The lowest BCUT2D eigenvalue weighted by Crippen LogP contribution is -2.40. The Morgan fingerprint density at radius 3 is 2.68 bits per heavy atom. The molecule has 0 bridgehead atoms. The minimum atomic E-state index is 0.0544. The predicted molar refractivity (Wildman–Crippen MR) is 103 cm³/mol. The van der Waals surface area contributed by atoms with E-state index in [2.05, 4.69) is 21.2 Å². The molecule has 3 atom stereocenters. The highest BCUT2D eigenvalue weighted by Gasteiger charge is 2.39. The van der Waals surface area contributed by atoms with Gasteiger partial charge in [0.2, 0.25) is 0 Å². The van der Waals surface area contributed by atoms with Gasteiger partial charge >= 0.3 is 0 Å². The number of amides is 1. The van der Waals surface area contributed by atoms with Crippen molar-refractivity contribution in [2.75, 3.05) is 26.3 Å². The Morgan fingerprint density at radius 1 is 1.07 bits per heavy atom. The van der Waals surface area contributed by atoms with E-state index in [1.54, 1.807) is 4.68 Å². The van der Waals surface area contributed by atoms with Gasteiger partial charge in [-0.3, -0.25) is 10.2 Å². The van der Waals surface area contributed by atoms with Gasteiger partial charge in [0.15, 0.2) is 0 Å². The molecular weight excluding hydrogens is 356 g/mol. The van der Waals surface area contributed by atoms with Crippen LogP contribution in [-0.4, -0.2) is 58.1 Å². The third-order valence-corrected chi connectivity index (χ3v) is 6.18. The fraction of sp³-hybridized carbons (Fsp3) is 0.550. The van der Waals surface area contributed by atoms with Crippen LogP contribution in [0.5, 0.6) is 0 Å². The summed E-state index contributed by atoms with van der Waals surface area (Å²) in [6.45, 7) is 2.52. The zero-order chi connectivity index (χ0) is 18.9. The standard InChI is InChI=1S/C20H26N6O2/c27-20(25-9-11-28-12-10-25)14-5-7-15(8-6-14)26-13-18(22-24-26)19-16-3-1-2-4-17(16)21-23-19/h5-8,13,16-17,19,21,23H,1-4,9-12H2. The summed E-state index contributed by atoms with van der Waals surface area (Å²) in [7, 11) is 0. The number of rotatable bonds is 3. The molecule has 8 heteroatoms. The second-order valence-corrected chi connectivity index (χ2v) is 7.86. The van der Waals surface area contributed by atoms with Crippen molar-refractivity contribution in [3.8, 4) is 5.69 Å². The Labute approximate surface area is 164 Å². The van der Waals surface area contributed by atoms with Gasteiger partial charge in [0.1, 0.15) is 5.69 Å². The molecule has 2 N–H and O–H groups in total. The molecule has 0 spiro atoms. The van der Waals surface area contributed by atoms with Gasteiger partial charge < -0.3 is 9.64 Å². The number of morpholine rings is 1. The topological polar surface area (TPSA) is 84.3 Å². The molecule has 3 unspecified atom stereocenters. The number of benzene rings is 1. The average molecular weight is 382 g/mol. The second kappa shape index (κ2) is 7.62. The summed E-state index contributed by atoms with van der Waals surface area (Å²) < 4.78 is 7.11. The predicted octanol–water partition coefficient (Wildman–Crippen LogP) is 1.45. The fourth-order valence-corrected chi connectivity index (χ4v) is 4.59. The molecule has 0 radical (unpaired) electrons. The SMILES string of the molecule is O=C(c1ccc(-n2cc(C3NNC4CCCCC43)nn2)cc1)N1CCOCC1. The van der Waals surface area contributed by atoms with Crippen molar-refractivity contribution in [2.24, 2.45) is 5.92 Å². The van der Waals surface area contributed by atoms with E-state index in [4.69, 9.17) is 4.74 Å². The molecule has 1 saturated carbocycles. The number of nitrogens with zero attached hydrogens (tertiary/aromatic N) is 4. The first-order valence-corrected chi connectivity index (χ1v) is 10.2. The second-order valence-electron chi connectivity index (χ2n) is 7.86. The number of carbonyl (C=O) groups excluding carboxylic acids is 1. The van der Waals surface area contributed by atoms with E-state index < -0.39 is 0 Å². The molecule has 2 aromatic rings. The molecule has 5 rings (SSSR count). The van der Waals surface area contributed by atoms with Crippen molar-refractivity contribution in [1.82, 2.24) is 30.7 Å². The lowest BCUT2D eigenvalue weighted by atomic mass is 9.81. The zero-order valence-corrected chi connectivity index (χ0v) is 15.9. The van der Waals surface area contributed by atoms with Gasteiger partial charge in [0.05, 0.1) is 31.1 Å². The Hall–Kier alpha value is -2.29. The first kappa shape index (κ1) is 17.8. The average Bonchev–Trinajstić information content (AvgIpc) is 3.41. The number of nitrogens with one attached hydrogen (secondary N) is 2. The van der Waals surface area contributed by atoms with Crippen LogP contribution in [0, 0.1) is 5.92 Å². The van der Waals surface area contributed by atoms with E-state index in [-0.39, 0.29) is 11.9 Å². The Kier molecular flexibility index (Phi) is 4.84. The molecule has 1 aromatic heterocycles. The first-order chi connectivity index (χ1) is 13.8. The van der Waals surface area contributed by atoms with E-state index >= 15 is 0 Å². The lowest BCUT2D eigenvalue weighted by molar-refractivity contribution is 0.0303. The van der Waals surface area contributed by atoms with Crippen molar-refractivity contribution >= 4 is 5.91 Å². The van der Waals surface area contributed by atoms with Crippen molar-refractivity contribution in [3.05, 3.63) is 41.7 Å². The number of hydrogen-bond acceptors (Lipinski definition) is 6. The summed E-state index contributed by atoms with van der Waals surface area (Å²) in [6, 6.07) is 8.32. The number of ether oxygens (including phenoxy) is 1. The number of fused-ring (bicyclic) bond motifs is 1. The van der Waals surface area contributed by atoms with Crippen LogP contribution in [0.2, 0.25) is 0 Å². The highest BCUT2D eigenvalue weighted by atomic mass is 16.5. The van der Waals surface area contributed by atoms with E-state index in [9.17, 15) is 4.79 Å². The van der Waals surface area contributed by atoms with E-state index in [0.29, 0.717) is 43.8 Å². The van der Waals surface area contributed by atoms with Crippen LogP contribution >= 0.6 is 0 Å². The summed E-state index contributed by atoms with van der Waals surface area (Å²) in [4.78, 5) is 14.4. The van der Waals surface area contributed by atoms with Gasteiger partial charge in [0.25, 0.3) is 5.91 Å². The van der Waals surface area contributed by atoms with Gasteiger partial charge in [-0.05, 0) is 43.0 Å². The van der Waals surface area contributed by atoms with Crippen LogP contribution in [0.1, 0.15) is 47.8 Å². The van der Waals surface area contributed by atoms with Gasteiger partial charge in [-0.1, -0.05) is 18.1 Å². The Balaban J connectivity index is 1.30. The van der Waals surface area contributed by atoms with Crippen LogP contribution in [0.15, 0.2) is 30.5 Å². The fourth-order valence-electron chi connectivity index (χ4n) is 4.59. The quantitative estimate of drug-likeness (QED) is 0.836. The van der Waals surface area contributed by atoms with E-state index in [1.807, 2.05) is 35.4 Å². The van der Waals surface area contributed by atoms with Crippen LogP contribution in [-0.2, 0) is 4.74 Å². The van der Waals surface area contributed by atoms with Gasteiger partial charge in [0, 0.05) is 24.7 Å². The number of hydrazine groups is 1. The van der Waals surface area contributed by atoms with Crippen molar-refractivity contribution in [2.45, 2.75) is 37.8 Å². The minimum Gasteiger partial charge on any atom is -0.378 e. The summed E-state index contributed by atoms with van der Waals surface area (Å²) in [5.74, 6) is 0.631. The monoisotopic (exact) mass is 382 g/mol. The molecule has 2 aliphatic heterocycles. The molecule has 3 heterocycles. The maximum atomic E-state index is 12.6. The van der Waals surface area contributed by atoms with Crippen LogP contribution in [0.25, 0.3) is 5.69 Å². The summed E-state index contributed by atoms with van der Waals surface area (Å²) in [6.07, 6.45) is 7.02. The molecule has 8 nitrogen and oxygen atoms in total. The number of carbonyl (C=O) groups is 1. The molecule has 2 saturated heterocycles. The van der Waals surface area contributed by atoms with Crippen LogP contribution in [0.4, 0.5) is 0 Å². The van der Waals surface area contributed by atoms with Crippen molar-refractivity contribution in [3.63, 3.8) is 0 Å². The van der Waals surface area contributed by atoms with E-state index in [0.717, 1.165) is 11.4 Å². The van der Waals surface area contributed by atoms with Crippen LogP contribution < -0.4 is 10.9 Å². The van der Waals surface area contributed by atoms with Gasteiger partial charge in [-0.15, -0.1) is 5.10 Å². The molecule has 28 heavy (non-hydrogen) atoms. The Morgan fingerprint density at radius 2 is 1.86 bits per heavy atom. The highest BCUT2D eigenvalue weighted by molar-refractivity contribution is 5.94. The highest BCUT2D eigenvalue weighted by Crippen LogP contribution is 2.37.